The number of aromatic nitrogens is 2. The number of nitrogens with zero attached hydrogens (tertiary/aromatic N) is 2. The molecular formula is C11H11BrN2O. The lowest BCUT2D eigenvalue weighted by molar-refractivity contribution is 0.410. The van der Waals surface area contributed by atoms with Gasteiger partial charge in [-0.1, -0.05) is 6.92 Å². The van der Waals surface area contributed by atoms with E-state index in [0.29, 0.717) is 0 Å². The molecule has 0 saturated carbocycles. The minimum atomic E-state index is 0.846. The van der Waals surface area contributed by atoms with Crippen molar-refractivity contribution in [2.45, 2.75) is 13.3 Å². The summed E-state index contributed by atoms with van der Waals surface area (Å²) in [5.74, 6) is 0.873. The number of halogens is 1. The van der Waals surface area contributed by atoms with Crippen molar-refractivity contribution in [1.82, 2.24) is 10.2 Å². The molecule has 0 aliphatic rings. The van der Waals surface area contributed by atoms with Crippen LogP contribution in [0.3, 0.4) is 0 Å². The Morgan fingerprint density at radius 1 is 1.40 bits per heavy atom. The van der Waals surface area contributed by atoms with Crippen LogP contribution in [-0.2, 0) is 6.42 Å². The van der Waals surface area contributed by atoms with E-state index < -0.39 is 0 Å². The number of ether oxygens (including phenoxy) is 1. The van der Waals surface area contributed by atoms with Gasteiger partial charge in [-0.15, -0.1) is 0 Å². The lowest BCUT2D eigenvalue weighted by atomic mass is 10.1. The summed E-state index contributed by atoms with van der Waals surface area (Å²) in [7, 11) is 1.67. The number of methoxy groups -OCH3 is 1. The second-order valence-electron chi connectivity index (χ2n) is 3.23. The molecule has 15 heavy (non-hydrogen) atoms. The van der Waals surface area contributed by atoms with Crippen LogP contribution in [0.15, 0.2) is 22.8 Å². The van der Waals surface area contributed by atoms with Gasteiger partial charge in [0.05, 0.1) is 18.8 Å². The highest BCUT2D eigenvalue weighted by Gasteiger charge is 2.07. The molecule has 1 heterocycles. The standard InChI is InChI=1S/C11H11BrN2O/c1-3-7-4-8-9(12)6-13-14-10(8)5-11(7)15-2/h4-6H,3H2,1-2H3. The van der Waals surface area contributed by atoms with Crippen molar-refractivity contribution >= 4 is 26.8 Å². The monoisotopic (exact) mass is 266 g/mol. The lowest BCUT2D eigenvalue weighted by Gasteiger charge is -2.08. The topological polar surface area (TPSA) is 35.0 Å². The van der Waals surface area contributed by atoms with Gasteiger partial charge >= 0.3 is 0 Å². The number of hydrogen-bond acceptors (Lipinski definition) is 3. The van der Waals surface area contributed by atoms with Crippen LogP contribution in [0, 0.1) is 0 Å². The largest absolute Gasteiger partial charge is 0.496 e. The van der Waals surface area contributed by atoms with Gasteiger partial charge in [-0.2, -0.15) is 10.2 Å². The first-order chi connectivity index (χ1) is 7.26. The zero-order valence-corrected chi connectivity index (χ0v) is 10.2. The maximum Gasteiger partial charge on any atom is 0.124 e. The van der Waals surface area contributed by atoms with Crippen LogP contribution in [-0.4, -0.2) is 17.3 Å². The van der Waals surface area contributed by atoms with Crippen LogP contribution >= 0.6 is 15.9 Å². The first-order valence-corrected chi connectivity index (χ1v) is 5.53. The molecule has 3 nitrogen and oxygen atoms in total. The predicted molar refractivity (Wildman–Crippen MR) is 63.2 cm³/mol. The van der Waals surface area contributed by atoms with Gasteiger partial charge in [0.25, 0.3) is 0 Å². The highest BCUT2D eigenvalue weighted by atomic mass is 79.9. The molecule has 78 valence electrons. The first kappa shape index (κ1) is 10.4. The minimum Gasteiger partial charge on any atom is -0.496 e. The van der Waals surface area contributed by atoms with Crippen molar-refractivity contribution in [2.24, 2.45) is 0 Å². The fraction of sp³-hybridized carbons (Fsp3) is 0.273. The molecule has 4 heteroatoms. The molecule has 2 rings (SSSR count). The maximum absolute atomic E-state index is 5.30. The van der Waals surface area contributed by atoms with E-state index in [0.717, 1.165) is 27.5 Å². The maximum atomic E-state index is 5.30. The summed E-state index contributed by atoms with van der Waals surface area (Å²) < 4.78 is 6.26. The van der Waals surface area contributed by atoms with E-state index in [4.69, 9.17) is 4.74 Å². The summed E-state index contributed by atoms with van der Waals surface area (Å²) in [5, 5.41) is 9.03. The number of fused-ring (bicyclic) bond motifs is 1. The Morgan fingerprint density at radius 2 is 2.20 bits per heavy atom. The van der Waals surface area contributed by atoms with Crippen LogP contribution in [0.5, 0.6) is 5.75 Å². The van der Waals surface area contributed by atoms with E-state index in [9.17, 15) is 0 Å². The van der Waals surface area contributed by atoms with Gasteiger partial charge in [0, 0.05) is 15.9 Å². The summed E-state index contributed by atoms with van der Waals surface area (Å²) in [6, 6.07) is 4.01. The molecular weight excluding hydrogens is 256 g/mol. The fourth-order valence-corrected chi connectivity index (χ4v) is 1.97. The van der Waals surface area contributed by atoms with Crippen LogP contribution in [0.25, 0.3) is 10.9 Å². The number of rotatable bonds is 2. The third kappa shape index (κ3) is 1.81. The third-order valence-corrected chi connectivity index (χ3v) is 3.01. The molecule has 0 spiro atoms. The molecule has 0 N–H and O–H groups in total. The SMILES string of the molecule is CCc1cc2c(Br)cnnc2cc1OC. The van der Waals surface area contributed by atoms with Gasteiger partial charge in [-0.05, 0) is 34.0 Å². The van der Waals surface area contributed by atoms with Crippen molar-refractivity contribution in [3.63, 3.8) is 0 Å². The average molecular weight is 267 g/mol. The molecule has 0 fully saturated rings. The molecule has 0 radical (unpaired) electrons. The predicted octanol–water partition coefficient (Wildman–Crippen LogP) is 2.96. The van der Waals surface area contributed by atoms with Gasteiger partial charge in [-0.25, -0.2) is 0 Å². The Hall–Kier alpha value is -1.16. The van der Waals surface area contributed by atoms with E-state index >= 15 is 0 Å². The Labute approximate surface area is 96.6 Å². The summed E-state index contributed by atoms with van der Waals surface area (Å²) in [5.41, 5.74) is 2.03. The molecule has 0 aliphatic heterocycles. The van der Waals surface area contributed by atoms with Gasteiger partial charge < -0.3 is 4.74 Å². The normalized spacial score (nSPS) is 10.6. The van der Waals surface area contributed by atoms with Crippen LogP contribution < -0.4 is 4.74 Å². The number of aryl methyl sites for hydroxylation is 1. The molecule has 0 atom stereocenters. The first-order valence-electron chi connectivity index (χ1n) is 4.74. The van der Waals surface area contributed by atoms with Crippen molar-refractivity contribution in [3.05, 3.63) is 28.4 Å². The zero-order valence-electron chi connectivity index (χ0n) is 8.62. The second kappa shape index (κ2) is 4.14. The van der Waals surface area contributed by atoms with Gasteiger partial charge in [-0.3, -0.25) is 0 Å². The molecule has 1 aromatic heterocycles. The average Bonchev–Trinajstić information content (AvgIpc) is 2.28. The third-order valence-electron chi connectivity index (χ3n) is 2.37. The Kier molecular flexibility index (Phi) is 2.86. The van der Waals surface area contributed by atoms with Crippen LogP contribution in [0.4, 0.5) is 0 Å². The van der Waals surface area contributed by atoms with Gasteiger partial charge in [0.2, 0.25) is 0 Å². The molecule has 0 aliphatic carbocycles. The van der Waals surface area contributed by atoms with Crippen molar-refractivity contribution in [1.29, 1.82) is 0 Å². The highest BCUT2D eigenvalue weighted by molar-refractivity contribution is 9.10. The molecule has 0 saturated heterocycles. The molecule has 2 aromatic rings. The highest BCUT2D eigenvalue weighted by Crippen LogP contribution is 2.28. The second-order valence-corrected chi connectivity index (χ2v) is 4.08. The molecule has 0 bridgehead atoms. The molecule has 0 amide bonds. The van der Waals surface area contributed by atoms with E-state index in [2.05, 4.69) is 39.1 Å². The minimum absolute atomic E-state index is 0.846. The van der Waals surface area contributed by atoms with E-state index in [-0.39, 0.29) is 0 Å². The van der Waals surface area contributed by atoms with Crippen molar-refractivity contribution < 1.29 is 4.74 Å². The summed E-state index contributed by atoms with van der Waals surface area (Å²) >= 11 is 3.46. The zero-order chi connectivity index (χ0) is 10.8. The Bertz CT molecular complexity index is 499. The Morgan fingerprint density at radius 3 is 2.87 bits per heavy atom. The lowest BCUT2D eigenvalue weighted by Crippen LogP contribution is -1.93. The van der Waals surface area contributed by atoms with Gasteiger partial charge in [0.1, 0.15) is 5.75 Å². The number of benzene rings is 1. The fourth-order valence-electron chi connectivity index (χ4n) is 1.57. The van der Waals surface area contributed by atoms with Crippen LogP contribution in [0.1, 0.15) is 12.5 Å². The molecule has 1 aromatic carbocycles. The number of hydrogen-bond donors (Lipinski definition) is 0. The Balaban J connectivity index is 2.75. The van der Waals surface area contributed by atoms with Gasteiger partial charge in [0.15, 0.2) is 0 Å². The quantitative estimate of drug-likeness (QED) is 0.839. The summed E-state index contributed by atoms with van der Waals surface area (Å²) in [6.07, 6.45) is 2.64. The van der Waals surface area contributed by atoms with E-state index in [1.165, 1.54) is 5.56 Å². The van der Waals surface area contributed by atoms with E-state index in [1.807, 2.05) is 6.07 Å². The summed E-state index contributed by atoms with van der Waals surface area (Å²) in [6.45, 7) is 2.10. The van der Waals surface area contributed by atoms with E-state index in [1.54, 1.807) is 13.3 Å². The van der Waals surface area contributed by atoms with Crippen LogP contribution in [0.2, 0.25) is 0 Å². The smallest absolute Gasteiger partial charge is 0.124 e. The van der Waals surface area contributed by atoms with Crippen molar-refractivity contribution in [2.75, 3.05) is 7.11 Å². The summed E-state index contributed by atoms with van der Waals surface area (Å²) in [4.78, 5) is 0. The van der Waals surface area contributed by atoms with Crippen molar-refractivity contribution in [3.8, 4) is 5.75 Å². The molecule has 0 unspecified atom stereocenters.